The number of carboxylic acids is 1. The van der Waals surface area contributed by atoms with Crippen LogP contribution in [0.2, 0.25) is 0 Å². The van der Waals surface area contributed by atoms with E-state index in [4.69, 9.17) is 19.3 Å². The van der Waals surface area contributed by atoms with Crippen LogP contribution in [0.15, 0.2) is 168 Å². The van der Waals surface area contributed by atoms with Crippen LogP contribution in [0.1, 0.15) is 132 Å². The number of ether oxygens (including phenoxy) is 5. The van der Waals surface area contributed by atoms with Gasteiger partial charge in [0.05, 0.1) is 65.6 Å². The lowest BCUT2D eigenvalue weighted by atomic mass is 10.1. The summed E-state index contributed by atoms with van der Waals surface area (Å²) in [6.07, 6.45) is 3.39. The van der Waals surface area contributed by atoms with Gasteiger partial charge in [0.2, 0.25) is 20.0 Å². The molecule has 0 saturated carbocycles. The molecule has 5 aromatic carbocycles. The van der Waals surface area contributed by atoms with Crippen molar-refractivity contribution in [1.82, 2.24) is 23.6 Å². The van der Waals surface area contributed by atoms with Crippen LogP contribution in [0.25, 0.3) is 0 Å². The van der Waals surface area contributed by atoms with Crippen molar-refractivity contribution in [2.45, 2.75) is 103 Å². The van der Waals surface area contributed by atoms with Gasteiger partial charge in [0, 0.05) is 62.5 Å². The van der Waals surface area contributed by atoms with E-state index in [-0.39, 0.29) is 87.3 Å². The molecule has 8 aromatic rings. The molecule has 25 nitrogen and oxygen atoms in total. The van der Waals surface area contributed by atoms with Gasteiger partial charge in [-0.3, -0.25) is 14.4 Å². The zero-order chi connectivity index (χ0) is 70.6. The van der Waals surface area contributed by atoms with Gasteiger partial charge in [0.25, 0.3) is 17.7 Å². The highest BCUT2D eigenvalue weighted by molar-refractivity contribution is 7.89. The molecule has 0 spiro atoms. The van der Waals surface area contributed by atoms with Crippen LogP contribution in [0.4, 0.5) is 17.5 Å². The largest absolute Gasteiger partial charge is 0.491 e. The Morgan fingerprint density at radius 1 is 0.438 bits per heavy atom. The first kappa shape index (κ1) is 74.6. The number of aliphatic hydroxyl groups excluding tert-OH is 1. The number of esters is 2. The van der Waals surface area contributed by atoms with E-state index < -0.39 is 55.7 Å². The van der Waals surface area contributed by atoms with E-state index in [0.29, 0.717) is 45.3 Å². The van der Waals surface area contributed by atoms with E-state index in [1.807, 2.05) is 55.4 Å². The van der Waals surface area contributed by atoms with E-state index in [0.717, 1.165) is 17.3 Å². The standard InChI is InChI=1S/C26H29N3O6S.C25H27N3O6S.C18H20N2O5/c1-17(2)35-22-13-19(16-29(4)36(32,33)23-9-6-18(3)7-10-23)12-21(14-22)25(30)28-24-11-8-20(15-27-24)26(31)34-5;1-16(2)34-21-12-18(15-28(4)35(32,33)22-8-5-17(3)6-9-22)11-20(13-21)24(29)27-23-10-7-19(14-26-23)25(30)31;1-11(2)25-15-7-12(10-21)6-14(8-15)17(22)20-16-5-4-13(9-19-16)18(23)24-3/h6-15,17H,16H2,1-5H3,(H,27,28,30);5-14,16H,15H2,1-4H3,(H,30,31)(H,26,27,29);4-9,11,21H,10H2,1-3H3,(H,19,20,22). The molecule has 0 aliphatic heterocycles. The monoisotopic (exact) mass is 1350 g/mol. The summed E-state index contributed by atoms with van der Waals surface area (Å²) in [6, 6.07) is 36.5. The topological polar surface area (TPSA) is 339 Å². The van der Waals surface area contributed by atoms with E-state index in [2.05, 4.69) is 40.4 Å². The SMILES string of the molecule is COC(=O)c1ccc(NC(=O)c2cc(CN(C)S(=O)(=O)c3ccc(C)cc3)cc(OC(C)C)c2)nc1.COC(=O)c1ccc(NC(=O)c2cc(CO)cc(OC(C)C)c2)nc1.Cc1ccc(S(=O)(=O)N(C)Cc2cc(OC(C)C)cc(C(=O)Nc3ccc(C(=O)O)cn3)c2)cc1. The number of anilines is 3. The van der Waals surface area contributed by atoms with Gasteiger partial charge in [-0.1, -0.05) is 35.4 Å². The van der Waals surface area contributed by atoms with Crippen molar-refractivity contribution in [3.63, 3.8) is 0 Å². The van der Waals surface area contributed by atoms with Crippen molar-refractivity contribution < 1.29 is 79.5 Å². The number of sulfonamides is 2. The Kier molecular flexibility index (Phi) is 26.5. The maximum atomic E-state index is 13.0. The number of benzene rings is 5. The predicted octanol–water partition coefficient (Wildman–Crippen LogP) is 10.4. The first-order valence-corrected chi connectivity index (χ1v) is 32.6. The van der Waals surface area contributed by atoms with Crippen LogP contribution in [0.3, 0.4) is 0 Å². The number of aromatic carboxylic acids is 1. The highest BCUT2D eigenvalue weighted by Crippen LogP contribution is 2.27. The van der Waals surface area contributed by atoms with Crippen LogP contribution in [0, 0.1) is 13.8 Å². The average Bonchev–Trinajstić information content (AvgIpc) is 0.836. The number of methoxy groups -OCH3 is 2. The molecule has 0 saturated heterocycles. The van der Waals surface area contributed by atoms with Crippen molar-refractivity contribution in [2.24, 2.45) is 0 Å². The maximum absolute atomic E-state index is 13.0. The molecule has 3 amide bonds. The number of nitrogens with zero attached hydrogens (tertiary/aromatic N) is 5. The number of nitrogens with one attached hydrogen (secondary N) is 3. The molecule has 3 heterocycles. The normalized spacial score (nSPS) is 11.2. The zero-order valence-electron chi connectivity index (χ0n) is 54.9. The summed E-state index contributed by atoms with van der Waals surface area (Å²) in [4.78, 5) is 84.7. The summed E-state index contributed by atoms with van der Waals surface area (Å²) >= 11 is 0. The lowest BCUT2D eigenvalue weighted by Crippen LogP contribution is -2.26. The number of aryl methyl sites for hydroxylation is 2. The number of aliphatic hydroxyl groups is 1. The second-order valence-electron chi connectivity index (χ2n) is 22.4. The van der Waals surface area contributed by atoms with Crippen molar-refractivity contribution in [1.29, 1.82) is 0 Å². The molecule has 0 fully saturated rings. The fraction of sp³-hybridized carbons (Fsp3) is 0.261. The van der Waals surface area contributed by atoms with E-state index in [9.17, 15) is 50.7 Å². The van der Waals surface area contributed by atoms with Gasteiger partial charge in [0.15, 0.2) is 0 Å². The Balaban J connectivity index is 0.000000232. The number of carboxylic acid groups (broad SMARTS) is 1. The van der Waals surface area contributed by atoms with Gasteiger partial charge < -0.3 is 49.8 Å². The first-order valence-electron chi connectivity index (χ1n) is 29.7. The fourth-order valence-electron chi connectivity index (χ4n) is 8.71. The number of rotatable bonds is 24. The lowest BCUT2D eigenvalue weighted by Gasteiger charge is -2.19. The van der Waals surface area contributed by atoms with E-state index in [1.54, 1.807) is 103 Å². The van der Waals surface area contributed by atoms with E-state index >= 15 is 0 Å². The minimum Gasteiger partial charge on any atom is -0.491 e. The Hall–Kier alpha value is -10.5. The average molecular weight is 1350 g/mol. The number of hydrogen-bond donors (Lipinski definition) is 5. The molecule has 27 heteroatoms. The summed E-state index contributed by atoms with van der Waals surface area (Å²) in [5.41, 5.74) is 4.98. The van der Waals surface area contributed by atoms with Crippen LogP contribution in [0.5, 0.6) is 17.2 Å². The first-order chi connectivity index (χ1) is 45.4. The van der Waals surface area contributed by atoms with Gasteiger partial charge in [0.1, 0.15) is 34.7 Å². The molecule has 96 heavy (non-hydrogen) atoms. The smallest absolute Gasteiger partial charge is 0.339 e. The Labute approximate surface area is 557 Å². The molecule has 0 radical (unpaired) electrons. The zero-order valence-corrected chi connectivity index (χ0v) is 56.6. The summed E-state index contributed by atoms with van der Waals surface area (Å²) in [5, 5.41) is 26.3. The molecular weight excluding hydrogens is 1280 g/mol. The second-order valence-corrected chi connectivity index (χ2v) is 26.4. The van der Waals surface area contributed by atoms with Crippen molar-refractivity contribution in [2.75, 3.05) is 44.3 Å². The summed E-state index contributed by atoms with van der Waals surface area (Å²) in [7, 11) is -1.98. The summed E-state index contributed by atoms with van der Waals surface area (Å²) in [6.45, 7) is 14.7. The Morgan fingerprint density at radius 2 is 0.740 bits per heavy atom. The molecule has 0 unspecified atom stereocenters. The van der Waals surface area contributed by atoms with Gasteiger partial charge in [-0.2, -0.15) is 8.61 Å². The minimum absolute atomic E-state index is 0.00422. The molecule has 0 bridgehead atoms. The van der Waals surface area contributed by atoms with Gasteiger partial charge in [-0.05, 0) is 187 Å². The number of carbonyl (C=O) groups excluding carboxylic acids is 5. The molecule has 0 aliphatic rings. The molecule has 8 rings (SSSR count). The van der Waals surface area contributed by atoms with Crippen molar-refractivity contribution >= 4 is 73.1 Å². The Bertz CT molecular complexity index is 4270. The van der Waals surface area contributed by atoms with Gasteiger partial charge in [-0.25, -0.2) is 46.2 Å². The summed E-state index contributed by atoms with van der Waals surface area (Å²) in [5.74, 6) is -1.47. The minimum atomic E-state index is -3.75. The summed E-state index contributed by atoms with van der Waals surface area (Å²) < 4.78 is 80.9. The second kappa shape index (κ2) is 34.1. The highest BCUT2D eigenvalue weighted by Gasteiger charge is 2.25. The Morgan fingerprint density at radius 3 is 1.01 bits per heavy atom. The lowest BCUT2D eigenvalue weighted by molar-refractivity contribution is 0.0591. The number of carbonyl (C=O) groups is 6. The molecule has 0 aliphatic carbocycles. The van der Waals surface area contributed by atoms with Crippen LogP contribution in [-0.4, -0.2) is 133 Å². The third-order valence-corrected chi connectivity index (χ3v) is 17.0. The predicted molar refractivity (Wildman–Crippen MR) is 358 cm³/mol. The van der Waals surface area contributed by atoms with Gasteiger partial charge in [-0.15, -0.1) is 0 Å². The highest BCUT2D eigenvalue weighted by atomic mass is 32.2. The number of pyridine rings is 3. The molecular formula is C69H76N8O17S2. The van der Waals surface area contributed by atoms with Crippen LogP contribution in [-0.2, 0) is 49.2 Å². The van der Waals surface area contributed by atoms with Crippen LogP contribution >= 0.6 is 0 Å². The van der Waals surface area contributed by atoms with Gasteiger partial charge >= 0.3 is 17.9 Å². The molecule has 506 valence electrons. The quantitative estimate of drug-likeness (QED) is 0.0351. The number of aromatic nitrogens is 3. The number of amides is 3. The molecule has 5 N–H and O–H groups in total. The fourth-order valence-corrected chi connectivity index (χ4v) is 11.0. The molecule has 3 aromatic heterocycles. The third-order valence-electron chi connectivity index (χ3n) is 13.4. The maximum Gasteiger partial charge on any atom is 0.339 e. The van der Waals surface area contributed by atoms with E-state index in [1.165, 1.54) is 85.7 Å². The number of hydrogen-bond acceptors (Lipinski definition) is 19. The van der Waals surface area contributed by atoms with Crippen LogP contribution < -0.4 is 30.2 Å². The van der Waals surface area contributed by atoms with Crippen molar-refractivity contribution in [3.05, 3.63) is 219 Å². The molecule has 0 atom stereocenters. The van der Waals surface area contributed by atoms with Crippen molar-refractivity contribution in [3.8, 4) is 17.2 Å². The third kappa shape index (κ3) is 21.8.